The average Bonchev–Trinajstić information content (AvgIpc) is 2.26. The van der Waals surface area contributed by atoms with Gasteiger partial charge in [0.15, 0.2) is 0 Å². The molecule has 0 unspecified atom stereocenters. The highest BCUT2D eigenvalue weighted by Crippen LogP contribution is 2.19. The van der Waals surface area contributed by atoms with Gasteiger partial charge >= 0.3 is 0 Å². The number of hydrogen-bond donors (Lipinski definition) is 0. The molecule has 4 heteroatoms. The molecule has 0 radical (unpaired) electrons. The maximum Gasteiger partial charge on any atom is 0.297 e. The monoisotopic (exact) mass is 240 g/mol. The molecular weight excluding hydrogens is 224 g/mol. The molecule has 0 amide bonds. The van der Waals surface area contributed by atoms with Gasteiger partial charge in [-0.2, -0.15) is 8.42 Å². The summed E-state index contributed by atoms with van der Waals surface area (Å²) in [6.45, 7) is 7.56. The van der Waals surface area contributed by atoms with Crippen molar-refractivity contribution >= 4 is 16.2 Å². The highest BCUT2D eigenvalue weighted by atomic mass is 32.2. The first-order valence-electron chi connectivity index (χ1n) is 5.08. The second-order valence-electron chi connectivity index (χ2n) is 3.87. The Hall–Kier alpha value is -1.13. The minimum absolute atomic E-state index is 0.172. The third-order valence-electron chi connectivity index (χ3n) is 1.96. The normalized spacial score (nSPS) is 11.7. The number of rotatable bonds is 5. The van der Waals surface area contributed by atoms with Crippen molar-refractivity contribution in [2.24, 2.45) is 5.92 Å². The van der Waals surface area contributed by atoms with E-state index >= 15 is 0 Å². The minimum atomic E-state index is -3.67. The Kier molecular flexibility index (Phi) is 4.26. The van der Waals surface area contributed by atoms with Crippen LogP contribution in [0.2, 0.25) is 0 Å². The molecule has 1 rings (SSSR count). The van der Waals surface area contributed by atoms with E-state index in [0.717, 1.165) is 0 Å². The summed E-state index contributed by atoms with van der Waals surface area (Å²) in [6, 6.07) is 6.64. The van der Waals surface area contributed by atoms with Crippen LogP contribution in [0.1, 0.15) is 19.4 Å². The lowest BCUT2D eigenvalue weighted by atomic mass is 10.2. The summed E-state index contributed by atoms with van der Waals surface area (Å²) in [7, 11) is -3.67. The highest BCUT2D eigenvalue weighted by Gasteiger charge is 2.18. The summed E-state index contributed by atoms with van der Waals surface area (Å²) in [5, 5.41) is 0. The van der Waals surface area contributed by atoms with E-state index in [9.17, 15) is 8.42 Å². The van der Waals surface area contributed by atoms with Gasteiger partial charge in [-0.05, 0) is 17.5 Å². The molecule has 3 nitrogen and oxygen atoms in total. The van der Waals surface area contributed by atoms with E-state index in [1.165, 1.54) is 12.1 Å². The average molecular weight is 240 g/mol. The first kappa shape index (κ1) is 12.9. The molecule has 0 spiro atoms. The van der Waals surface area contributed by atoms with E-state index in [2.05, 4.69) is 6.58 Å². The Morgan fingerprint density at radius 3 is 2.56 bits per heavy atom. The van der Waals surface area contributed by atoms with Crippen LogP contribution < -0.4 is 0 Å². The molecule has 0 N–H and O–H groups in total. The van der Waals surface area contributed by atoms with E-state index in [-0.39, 0.29) is 17.4 Å². The standard InChI is InChI=1S/C12H16O3S/c1-4-11-7-5-6-8-12(11)16(13,14)15-9-10(2)3/h4-8,10H,1,9H2,2-3H3. The molecule has 0 fully saturated rings. The fraction of sp³-hybridized carbons (Fsp3) is 0.333. The molecular formula is C12H16O3S. The van der Waals surface area contributed by atoms with Gasteiger partial charge < -0.3 is 0 Å². The molecule has 16 heavy (non-hydrogen) atoms. The lowest BCUT2D eigenvalue weighted by molar-refractivity contribution is 0.275. The molecule has 0 heterocycles. The molecule has 0 aliphatic carbocycles. The van der Waals surface area contributed by atoms with Crippen LogP contribution in [0.3, 0.4) is 0 Å². The molecule has 0 saturated heterocycles. The van der Waals surface area contributed by atoms with Crippen molar-refractivity contribution in [2.75, 3.05) is 6.61 Å². The summed E-state index contributed by atoms with van der Waals surface area (Å²) in [5.74, 6) is 0.172. The second-order valence-corrected chi connectivity index (χ2v) is 5.46. The van der Waals surface area contributed by atoms with Crippen molar-refractivity contribution in [1.29, 1.82) is 0 Å². The molecule has 0 aliphatic heterocycles. The van der Waals surface area contributed by atoms with Gasteiger partial charge in [0.1, 0.15) is 4.90 Å². The van der Waals surface area contributed by atoms with E-state index in [0.29, 0.717) is 5.56 Å². The summed E-state index contributed by atoms with van der Waals surface area (Å²) < 4.78 is 28.6. The Balaban J connectivity index is 3.02. The fourth-order valence-corrected chi connectivity index (χ4v) is 2.43. The number of hydrogen-bond acceptors (Lipinski definition) is 3. The van der Waals surface area contributed by atoms with E-state index < -0.39 is 10.1 Å². The van der Waals surface area contributed by atoms with Crippen molar-refractivity contribution in [1.82, 2.24) is 0 Å². The van der Waals surface area contributed by atoms with Crippen LogP contribution in [0.5, 0.6) is 0 Å². The highest BCUT2D eigenvalue weighted by molar-refractivity contribution is 7.86. The molecule has 88 valence electrons. The molecule has 1 aromatic rings. The molecule has 0 saturated carbocycles. The molecule has 0 aliphatic rings. The van der Waals surface area contributed by atoms with Crippen molar-refractivity contribution < 1.29 is 12.6 Å². The van der Waals surface area contributed by atoms with Crippen molar-refractivity contribution in [2.45, 2.75) is 18.7 Å². The summed E-state index contributed by atoms with van der Waals surface area (Å²) in [6.07, 6.45) is 1.51. The van der Waals surface area contributed by atoms with Gasteiger partial charge in [-0.15, -0.1) is 0 Å². The van der Waals surface area contributed by atoms with Crippen molar-refractivity contribution in [3.05, 3.63) is 36.4 Å². The van der Waals surface area contributed by atoms with Crippen LogP contribution in [0, 0.1) is 5.92 Å². The topological polar surface area (TPSA) is 43.4 Å². The molecule has 0 aromatic heterocycles. The van der Waals surface area contributed by atoms with Gasteiger partial charge in [-0.3, -0.25) is 4.18 Å². The van der Waals surface area contributed by atoms with Gasteiger partial charge in [-0.1, -0.05) is 44.7 Å². The van der Waals surface area contributed by atoms with Crippen LogP contribution >= 0.6 is 0 Å². The first-order valence-corrected chi connectivity index (χ1v) is 6.49. The zero-order valence-corrected chi connectivity index (χ0v) is 10.3. The van der Waals surface area contributed by atoms with Crippen LogP contribution in [-0.2, 0) is 14.3 Å². The van der Waals surface area contributed by atoms with Gasteiger partial charge in [0.05, 0.1) is 6.61 Å². The summed E-state index contributed by atoms with van der Waals surface area (Å²) in [4.78, 5) is 0.172. The summed E-state index contributed by atoms with van der Waals surface area (Å²) in [5.41, 5.74) is 0.561. The quantitative estimate of drug-likeness (QED) is 0.743. The van der Waals surface area contributed by atoms with Gasteiger partial charge in [0.2, 0.25) is 0 Å². The second kappa shape index (κ2) is 5.27. The van der Waals surface area contributed by atoms with Gasteiger partial charge in [-0.25, -0.2) is 0 Å². The maximum atomic E-state index is 11.8. The first-order chi connectivity index (χ1) is 7.47. The molecule has 0 bridgehead atoms. The fourth-order valence-electron chi connectivity index (χ4n) is 1.17. The van der Waals surface area contributed by atoms with Crippen molar-refractivity contribution in [3.8, 4) is 0 Å². The largest absolute Gasteiger partial charge is 0.297 e. The third kappa shape index (κ3) is 3.18. The van der Waals surface area contributed by atoms with Crippen molar-refractivity contribution in [3.63, 3.8) is 0 Å². The van der Waals surface area contributed by atoms with Crippen LogP contribution in [-0.4, -0.2) is 15.0 Å². The zero-order valence-electron chi connectivity index (χ0n) is 9.51. The Labute approximate surface area is 96.9 Å². The lowest BCUT2D eigenvalue weighted by Crippen LogP contribution is -2.12. The van der Waals surface area contributed by atoms with E-state index in [1.54, 1.807) is 18.2 Å². The third-order valence-corrected chi connectivity index (χ3v) is 3.32. The Morgan fingerprint density at radius 1 is 1.38 bits per heavy atom. The Morgan fingerprint density at radius 2 is 2.00 bits per heavy atom. The van der Waals surface area contributed by atoms with E-state index in [4.69, 9.17) is 4.18 Å². The smallest absolute Gasteiger partial charge is 0.266 e. The zero-order chi connectivity index (χ0) is 12.2. The van der Waals surface area contributed by atoms with E-state index in [1.807, 2.05) is 13.8 Å². The lowest BCUT2D eigenvalue weighted by Gasteiger charge is -2.09. The van der Waals surface area contributed by atoms with Crippen LogP contribution in [0.15, 0.2) is 35.7 Å². The van der Waals surface area contributed by atoms with Gasteiger partial charge in [0.25, 0.3) is 10.1 Å². The Bertz CT molecular complexity index is 461. The maximum absolute atomic E-state index is 11.8. The number of benzene rings is 1. The van der Waals surface area contributed by atoms with Crippen LogP contribution in [0.25, 0.3) is 6.08 Å². The van der Waals surface area contributed by atoms with Gasteiger partial charge in [0, 0.05) is 0 Å². The molecule has 0 atom stereocenters. The predicted molar refractivity (Wildman–Crippen MR) is 64.5 cm³/mol. The SMILES string of the molecule is C=Cc1ccccc1S(=O)(=O)OCC(C)C. The molecule has 1 aromatic carbocycles. The summed E-state index contributed by atoms with van der Waals surface area (Å²) >= 11 is 0. The predicted octanol–water partition coefficient (Wildman–Crippen LogP) is 2.69. The minimum Gasteiger partial charge on any atom is -0.266 e. The van der Waals surface area contributed by atoms with Crippen LogP contribution in [0.4, 0.5) is 0 Å².